The van der Waals surface area contributed by atoms with Crippen molar-refractivity contribution >= 4 is 22.4 Å². The molecule has 150 valence electrons. The van der Waals surface area contributed by atoms with Crippen LogP contribution in [0.4, 0.5) is 13.9 Å². The summed E-state index contributed by atoms with van der Waals surface area (Å²) in [7, 11) is 0. The lowest BCUT2D eigenvalue weighted by Crippen LogP contribution is -2.20. The predicted molar refractivity (Wildman–Crippen MR) is 104 cm³/mol. The van der Waals surface area contributed by atoms with E-state index in [-0.39, 0.29) is 11.7 Å². The summed E-state index contributed by atoms with van der Waals surface area (Å²) in [6.07, 6.45) is 0. The maximum Gasteiger partial charge on any atom is 0.387 e. The topological polar surface area (TPSA) is 69.7 Å². The number of ether oxygens (including phenoxy) is 3. The summed E-state index contributed by atoms with van der Waals surface area (Å²) in [6.45, 7) is -0.188. The number of nitrogens with one attached hydrogen (secondary N) is 1. The Kier molecular flexibility index (Phi) is 5.30. The third-order valence-corrected chi connectivity index (χ3v) is 5.07. The maximum absolute atomic E-state index is 12.7. The molecule has 0 unspecified atom stereocenters. The molecular weight excluding hydrogens is 402 g/mol. The molecule has 1 aromatic heterocycles. The number of fused-ring (bicyclic) bond motifs is 1. The van der Waals surface area contributed by atoms with Crippen LogP contribution in [-0.4, -0.2) is 30.7 Å². The molecule has 1 amide bonds. The maximum atomic E-state index is 12.7. The van der Waals surface area contributed by atoms with Gasteiger partial charge in [-0.15, -0.1) is 11.3 Å². The molecule has 0 radical (unpaired) electrons. The Morgan fingerprint density at radius 3 is 2.69 bits per heavy atom. The van der Waals surface area contributed by atoms with Crippen molar-refractivity contribution in [3.8, 4) is 28.5 Å². The third-order valence-electron chi connectivity index (χ3n) is 4.18. The molecule has 1 aliphatic heterocycles. The van der Waals surface area contributed by atoms with E-state index >= 15 is 0 Å². The Hall–Kier alpha value is -3.20. The average Bonchev–Trinajstić information content (AvgIpc) is 3.07. The fourth-order valence-corrected chi connectivity index (χ4v) is 3.76. The minimum atomic E-state index is -2.87. The van der Waals surface area contributed by atoms with Crippen LogP contribution >= 0.6 is 11.3 Å². The van der Waals surface area contributed by atoms with Crippen molar-refractivity contribution in [3.05, 3.63) is 52.9 Å². The van der Waals surface area contributed by atoms with Crippen LogP contribution in [0.15, 0.2) is 42.5 Å². The van der Waals surface area contributed by atoms with Gasteiger partial charge in [-0.1, -0.05) is 6.07 Å². The Labute approximate surface area is 169 Å². The highest BCUT2D eigenvalue weighted by molar-refractivity contribution is 7.16. The van der Waals surface area contributed by atoms with Crippen LogP contribution < -0.4 is 19.5 Å². The Balaban J connectivity index is 1.53. The van der Waals surface area contributed by atoms with Gasteiger partial charge in [0.15, 0.2) is 16.6 Å². The van der Waals surface area contributed by atoms with Crippen LogP contribution in [0.3, 0.4) is 0 Å². The summed E-state index contributed by atoms with van der Waals surface area (Å²) in [4.78, 5) is 18.1. The molecule has 0 aliphatic carbocycles. The number of aryl methyl sites for hydroxylation is 1. The van der Waals surface area contributed by atoms with E-state index in [1.165, 1.54) is 23.5 Å². The molecule has 4 rings (SSSR count). The third kappa shape index (κ3) is 4.14. The summed E-state index contributed by atoms with van der Waals surface area (Å²) < 4.78 is 40.0. The van der Waals surface area contributed by atoms with Crippen LogP contribution in [0.5, 0.6) is 17.2 Å². The molecule has 0 saturated carbocycles. The summed E-state index contributed by atoms with van der Waals surface area (Å²) in [5, 5.41) is 3.21. The zero-order valence-corrected chi connectivity index (χ0v) is 16.1. The zero-order valence-electron chi connectivity index (χ0n) is 15.3. The molecule has 6 nitrogen and oxygen atoms in total. The van der Waals surface area contributed by atoms with Crippen LogP contribution in [0, 0.1) is 6.92 Å². The highest BCUT2D eigenvalue weighted by Crippen LogP contribution is 2.35. The van der Waals surface area contributed by atoms with E-state index in [2.05, 4.69) is 15.0 Å². The summed E-state index contributed by atoms with van der Waals surface area (Å²) >= 11 is 1.32. The summed E-state index contributed by atoms with van der Waals surface area (Å²) in [5.74, 6) is 0.667. The number of rotatable bonds is 5. The highest BCUT2D eigenvalue weighted by atomic mass is 32.1. The zero-order chi connectivity index (χ0) is 20.4. The monoisotopic (exact) mass is 418 g/mol. The number of carbonyl (C=O) groups is 1. The van der Waals surface area contributed by atoms with Gasteiger partial charge < -0.3 is 14.2 Å². The highest BCUT2D eigenvalue weighted by Gasteiger charge is 2.21. The molecule has 0 spiro atoms. The normalized spacial score (nSPS) is 12.7. The number of halogens is 2. The van der Waals surface area contributed by atoms with Crippen molar-refractivity contribution in [3.63, 3.8) is 0 Å². The first-order valence-electron chi connectivity index (χ1n) is 8.74. The Bertz CT molecular complexity index is 1040. The van der Waals surface area contributed by atoms with Crippen molar-refractivity contribution in [2.75, 3.05) is 18.5 Å². The van der Waals surface area contributed by atoms with Gasteiger partial charge in [-0.3, -0.25) is 10.1 Å². The van der Waals surface area contributed by atoms with E-state index in [0.717, 1.165) is 10.4 Å². The number of amides is 1. The first-order chi connectivity index (χ1) is 14.0. The molecule has 0 atom stereocenters. The summed E-state index contributed by atoms with van der Waals surface area (Å²) in [5.41, 5.74) is 1.75. The number of nitrogens with zero attached hydrogens (tertiary/aromatic N) is 1. The van der Waals surface area contributed by atoms with Gasteiger partial charge in [0.1, 0.15) is 19.0 Å². The lowest BCUT2D eigenvalue weighted by Gasteiger charge is -2.20. The van der Waals surface area contributed by atoms with Gasteiger partial charge in [-0.25, -0.2) is 4.98 Å². The molecule has 1 aliphatic rings. The van der Waals surface area contributed by atoms with Crippen molar-refractivity contribution in [2.45, 2.75) is 13.5 Å². The van der Waals surface area contributed by atoms with Gasteiger partial charge in [-0.2, -0.15) is 8.78 Å². The van der Waals surface area contributed by atoms with Crippen LogP contribution in [0.2, 0.25) is 0 Å². The standard InChI is InChI=1S/C20H16F2N2O4S/c1-11-16(12-5-7-13(8-6-12)28-19(21)22)23-20(29-11)24-18(25)14-3-2-4-15-17(14)27-10-9-26-15/h2-8,19H,9-10H2,1H3,(H,23,24,25). The van der Waals surface area contributed by atoms with E-state index in [9.17, 15) is 13.6 Å². The number of thiazole rings is 1. The van der Waals surface area contributed by atoms with Gasteiger partial charge in [0.25, 0.3) is 5.91 Å². The smallest absolute Gasteiger partial charge is 0.387 e. The minimum Gasteiger partial charge on any atom is -0.486 e. The average molecular weight is 418 g/mol. The van der Waals surface area contributed by atoms with Crippen molar-refractivity contribution in [2.24, 2.45) is 0 Å². The van der Waals surface area contributed by atoms with Crippen LogP contribution in [-0.2, 0) is 0 Å². The number of anilines is 1. The number of hydrogen-bond acceptors (Lipinski definition) is 6. The second kappa shape index (κ2) is 8.04. The molecular formula is C20H16F2N2O4S. The largest absolute Gasteiger partial charge is 0.486 e. The van der Waals surface area contributed by atoms with Gasteiger partial charge >= 0.3 is 6.61 Å². The van der Waals surface area contributed by atoms with Gasteiger partial charge in [0.2, 0.25) is 0 Å². The fraction of sp³-hybridized carbons (Fsp3) is 0.200. The van der Waals surface area contributed by atoms with E-state index < -0.39 is 6.61 Å². The van der Waals surface area contributed by atoms with Crippen molar-refractivity contribution < 1.29 is 27.8 Å². The molecule has 2 heterocycles. The molecule has 0 fully saturated rings. The van der Waals surface area contributed by atoms with Gasteiger partial charge in [-0.05, 0) is 43.3 Å². The quantitative estimate of drug-likeness (QED) is 0.648. The van der Waals surface area contributed by atoms with Crippen molar-refractivity contribution in [1.82, 2.24) is 4.98 Å². The first kappa shape index (κ1) is 19.1. The number of alkyl halides is 2. The second-order valence-electron chi connectivity index (χ2n) is 6.11. The number of benzene rings is 2. The minimum absolute atomic E-state index is 0.0706. The van der Waals surface area contributed by atoms with Crippen LogP contribution in [0.1, 0.15) is 15.2 Å². The number of para-hydroxylation sites is 1. The Morgan fingerprint density at radius 2 is 1.93 bits per heavy atom. The Morgan fingerprint density at radius 1 is 1.17 bits per heavy atom. The van der Waals surface area contributed by atoms with Crippen LogP contribution in [0.25, 0.3) is 11.3 Å². The molecule has 0 saturated heterocycles. The van der Waals surface area contributed by atoms with E-state index in [1.807, 2.05) is 6.92 Å². The second-order valence-corrected chi connectivity index (χ2v) is 7.31. The van der Waals surface area contributed by atoms with E-state index in [0.29, 0.717) is 41.1 Å². The molecule has 2 aromatic carbocycles. The molecule has 3 aromatic rings. The van der Waals surface area contributed by atoms with E-state index in [1.54, 1.807) is 30.3 Å². The fourth-order valence-electron chi connectivity index (χ4n) is 2.93. The number of carbonyl (C=O) groups excluding carboxylic acids is 1. The lowest BCUT2D eigenvalue weighted by molar-refractivity contribution is -0.0498. The molecule has 9 heteroatoms. The van der Waals surface area contributed by atoms with Crippen molar-refractivity contribution in [1.29, 1.82) is 0 Å². The summed E-state index contributed by atoms with van der Waals surface area (Å²) in [6, 6.07) is 11.3. The SMILES string of the molecule is Cc1sc(NC(=O)c2cccc3c2OCCO3)nc1-c1ccc(OC(F)F)cc1. The molecule has 0 bridgehead atoms. The predicted octanol–water partition coefficient (Wildman–Crippen LogP) is 4.74. The van der Waals surface area contributed by atoms with E-state index in [4.69, 9.17) is 9.47 Å². The number of aromatic nitrogens is 1. The lowest BCUT2D eigenvalue weighted by atomic mass is 10.1. The van der Waals surface area contributed by atoms with Gasteiger partial charge in [0, 0.05) is 10.4 Å². The molecule has 29 heavy (non-hydrogen) atoms. The van der Waals surface area contributed by atoms with Gasteiger partial charge in [0.05, 0.1) is 11.3 Å². The molecule has 1 N–H and O–H groups in total. The first-order valence-corrected chi connectivity index (χ1v) is 9.55. The number of hydrogen-bond donors (Lipinski definition) is 1.